The molecule has 0 aliphatic carbocycles. The largest absolute Gasteiger partial charge is 0.328 e. The van der Waals surface area contributed by atoms with E-state index in [2.05, 4.69) is 37.3 Å². The van der Waals surface area contributed by atoms with Crippen LogP contribution < -0.4 is 10.6 Å². The minimum absolute atomic E-state index is 0.121. The van der Waals surface area contributed by atoms with Crippen molar-refractivity contribution < 1.29 is 4.79 Å². The third-order valence-corrected chi connectivity index (χ3v) is 5.14. The fraction of sp³-hybridized carbons (Fsp3) is 0.412. The maximum absolute atomic E-state index is 12.5. The van der Waals surface area contributed by atoms with Crippen molar-refractivity contribution in [2.45, 2.75) is 45.3 Å². The van der Waals surface area contributed by atoms with Crippen LogP contribution in [0.1, 0.15) is 43.0 Å². The quantitative estimate of drug-likeness (QED) is 0.722. The Kier molecular flexibility index (Phi) is 4.70. The summed E-state index contributed by atoms with van der Waals surface area (Å²) in [6, 6.07) is 3.47. The molecule has 1 aliphatic rings. The lowest BCUT2D eigenvalue weighted by molar-refractivity contribution is 0.244. The molecule has 26 heavy (non-hydrogen) atoms. The standard InChI is InChI=1S/C17H21N7OS/c1-2-14-20-16-13(4-3-8-23(16)22-14)19-17(25)21-15-5-7-18-24(15)10-12-6-9-26-11-12/h5-7,9,11,13H,2-4,8,10H2,1H3,(H2,19,21,25)/t13-/m0/s1. The summed E-state index contributed by atoms with van der Waals surface area (Å²) < 4.78 is 3.69. The number of rotatable bonds is 5. The van der Waals surface area contributed by atoms with Crippen molar-refractivity contribution >= 4 is 23.2 Å². The van der Waals surface area contributed by atoms with Crippen LogP contribution in [0.25, 0.3) is 0 Å². The highest BCUT2D eigenvalue weighted by Crippen LogP contribution is 2.23. The molecule has 4 rings (SSSR count). The molecule has 2 amide bonds. The van der Waals surface area contributed by atoms with Gasteiger partial charge >= 0.3 is 6.03 Å². The Hall–Kier alpha value is -2.68. The summed E-state index contributed by atoms with van der Waals surface area (Å²) in [5.41, 5.74) is 1.16. The van der Waals surface area contributed by atoms with E-state index >= 15 is 0 Å². The number of aromatic nitrogens is 5. The summed E-state index contributed by atoms with van der Waals surface area (Å²) in [7, 11) is 0. The molecule has 0 saturated carbocycles. The van der Waals surface area contributed by atoms with Crippen LogP contribution in [0.15, 0.2) is 29.1 Å². The predicted molar refractivity (Wildman–Crippen MR) is 99.2 cm³/mol. The number of urea groups is 1. The molecule has 2 N–H and O–H groups in total. The minimum atomic E-state index is -0.253. The summed E-state index contributed by atoms with van der Waals surface area (Å²) in [6.45, 7) is 3.52. The molecule has 0 radical (unpaired) electrons. The Morgan fingerprint density at radius 2 is 2.35 bits per heavy atom. The van der Waals surface area contributed by atoms with Gasteiger partial charge in [0.2, 0.25) is 0 Å². The molecule has 0 spiro atoms. The maximum Gasteiger partial charge on any atom is 0.320 e. The van der Waals surface area contributed by atoms with Gasteiger partial charge in [0, 0.05) is 19.0 Å². The summed E-state index contributed by atoms with van der Waals surface area (Å²) in [4.78, 5) is 17.1. The van der Waals surface area contributed by atoms with E-state index in [1.54, 1.807) is 28.3 Å². The number of hydrogen-bond donors (Lipinski definition) is 2. The normalized spacial score (nSPS) is 16.3. The smallest absolute Gasteiger partial charge is 0.320 e. The van der Waals surface area contributed by atoms with Crippen molar-refractivity contribution in [3.05, 3.63) is 46.3 Å². The highest BCUT2D eigenvalue weighted by atomic mass is 32.1. The average molecular weight is 371 g/mol. The number of nitrogens with zero attached hydrogens (tertiary/aromatic N) is 5. The Morgan fingerprint density at radius 3 is 3.15 bits per heavy atom. The molecular formula is C17H21N7OS. The molecule has 9 heteroatoms. The van der Waals surface area contributed by atoms with E-state index in [4.69, 9.17) is 0 Å². The van der Waals surface area contributed by atoms with Crippen LogP contribution in [0, 0.1) is 0 Å². The Balaban J connectivity index is 1.43. The first-order valence-corrected chi connectivity index (χ1v) is 9.71. The molecule has 1 atom stereocenters. The molecule has 0 unspecified atom stereocenters. The van der Waals surface area contributed by atoms with Crippen molar-refractivity contribution in [2.24, 2.45) is 0 Å². The summed E-state index contributed by atoms with van der Waals surface area (Å²) in [6.07, 6.45) is 4.32. The number of nitrogens with one attached hydrogen (secondary N) is 2. The number of thiophene rings is 1. The van der Waals surface area contributed by atoms with Gasteiger partial charge in [-0.3, -0.25) is 5.32 Å². The highest BCUT2D eigenvalue weighted by Gasteiger charge is 2.25. The second-order valence-corrected chi connectivity index (χ2v) is 7.04. The monoisotopic (exact) mass is 371 g/mol. The number of fused-ring (bicyclic) bond motifs is 1. The number of anilines is 1. The first-order chi connectivity index (χ1) is 12.7. The Morgan fingerprint density at radius 1 is 1.42 bits per heavy atom. The Bertz CT molecular complexity index is 883. The lowest BCUT2D eigenvalue weighted by Gasteiger charge is -2.23. The van der Waals surface area contributed by atoms with Gasteiger partial charge in [-0.05, 0) is 35.2 Å². The van der Waals surface area contributed by atoms with Crippen LogP contribution in [-0.2, 0) is 19.5 Å². The molecule has 0 aromatic carbocycles. The molecule has 0 fully saturated rings. The van der Waals surface area contributed by atoms with Crippen molar-refractivity contribution in [2.75, 3.05) is 5.32 Å². The van der Waals surface area contributed by atoms with Gasteiger partial charge in [0.05, 0.1) is 18.8 Å². The van der Waals surface area contributed by atoms with Gasteiger partial charge in [-0.15, -0.1) is 0 Å². The van der Waals surface area contributed by atoms with E-state index in [0.717, 1.165) is 43.0 Å². The molecular weight excluding hydrogens is 350 g/mol. The van der Waals surface area contributed by atoms with E-state index in [-0.39, 0.29) is 12.1 Å². The third kappa shape index (κ3) is 3.48. The number of hydrogen-bond acceptors (Lipinski definition) is 5. The highest BCUT2D eigenvalue weighted by molar-refractivity contribution is 7.07. The van der Waals surface area contributed by atoms with E-state index in [1.165, 1.54) is 0 Å². The van der Waals surface area contributed by atoms with Crippen molar-refractivity contribution in [1.82, 2.24) is 29.9 Å². The second kappa shape index (κ2) is 7.28. The summed E-state index contributed by atoms with van der Waals surface area (Å²) in [5.74, 6) is 2.33. The minimum Gasteiger partial charge on any atom is -0.328 e. The fourth-order valence-corrected chi connectivity index (χ4v) is 3.78. The van der Waals surface area contributed by atoms with Gasteiger partial charge < -0.3 is 5.32 Å². The summed E-state index contributed by atoms with van der Waals surface area (Å²) >= 11 is 1.65. The first-order valence-electron chi connectivity index (χ1n) is 8.77. The van der Waals surface area contributed by atoms with Crippen LogP contribution in [0.2, 0.25) is 0 Å². The molecule has 0 bridgehead atoms. The predicted octanol–water partition coefficient (Wildman–Crippen LogP) is 2.80. The number of carbonyl (C=O) groups is 1. The van der Waals surface area contributed by atoms with Crippen molar-refractivity contribution in [3.8, 4) is 0 Å². The van der Waals surface area contributed by atoms with Gasteiger partial charge in [0.15, 0.2) is 5.82 Å². The Labute approximate surface area is 155 Å². The van der Waals surface area contributed by atoms with Crippen LogP contribution in [0.3, 0.4) is 0 Å². The maximum atomic E-state index is 12.5. The molecule has 3 aromatic rings. The fourth-order valence-electron chi connectivity index (χ4n) is 3.12. The van der Waals surface area contributed by atoms with Crippen LogP contribution in [0.5, 0.6) is 0 Å². The molecule has 3 aromatic heterocycles. The lowest BCUT2D eigenvalue weighted by atomic mass is 10.1. The molecule has 4 heterocycles. The zero-order chi connectivity index (χ0) is 17.9. The number of carbonyl (C=O) groups excluding carboxylic acids is 1. The van der Waals surface area contributed by atoms with E-state index in [1.807, 2.05) is 17.0 Å². The summed E-state index contributed by atoms with van der Waals surface area (Å²) in [5, 5.41) is 18.8. The van der Waals surface area contributed by atoms with E-state index in [0.29, 0.717) is 12.4 Å². The van der Waals surface area contributed by atoms with Gasteiger partial charge in [0.25, 0.3) is 0 Å². The zero-order valence-electron chi connectivity index (χ0n) is 14.6. The number of amides is 2. The first kappa shape index (κ1) is 16.8. The molecule has 8 nitrogen and oxygen atoms in total. The van der Waals surface area contributed by atoms with Crippen molar-refractivity contribution in [1.29, 1.82) is 0 Å². The number of aryl methyl sites for hydroxylation is 2. The van der Waals surface area contributed by atoms with Crippen LogP contribution >= 0.6 is 11.3 Å². The topological polar surface area (TPSA) is 89.7 Å². The van der Waals surface area contributed by atoms with Crippen molar-refractivity contribution in [3.63, 3.8) is 0 Å². The van der Waals surface area contributed by atoms with Gasteiger partial charge in [-0.2, -0.15) is 21.5 Å². The average Bonchev–Trinajstić information content (AvgIpc) is 3.37. The van der Waals surface area contributed by atoms with E-state index < -0.39 is 0 Å². The molecule has 0 saturated heterocycles. The van der Waals surface area contributed by atoms with Crippen LogP contribution in [0.4, 0.5) is 10.6 Å². The SMILES string of the molecule is CCc1nc2n(n1)CCC[C@@H]2NC(=O)Nc1ccnn1Cc1ccsc1. The molecule has 1 aliphatic heterocycles. The third-order valence-electron chi connectivity index (χ3n) is 4.41. The second-order valence-electron chi connectivity index (χ2n) is 6.26. The zero-order valence-corrected chi connectivity index (χ0v) is 15.4. The lowest BCUT2D eigenvalue weighted by Crippen LogP contribution is -2.36. The van der Waals surface area contributed by atoms with E-state index in [9.17, 15) is 4.79 Å². The van der Waals surface area contributed by atoms with Gasteiger partial charge in [0.1, 0.15) is 11.6 Å². The van der Waals surface area contributed by atoms with Gasteiger partial charge in [-0.25, -0.2) is 19.1 Å². The van der Waals surface area contributed by atoms with Crippen LogP contribution in [-0.4, -0.2) is 30.6 Å². The molecule has 136 valence electrons. The van der Waals surface area contributed by atoms with Gasteiger partial charge in [-0.1, -0.05) is 6.92 Å².